The van der Waals surface area contributed by atoms with E-state index >= 15 is 0 Å². The monoisotopic (exact) mass is 448 g/mol. The number of ether oxygens (including phenoxy) is 2. The number of Topliss-reactive ketones (excluding diaryl/α,β-unsaturated/α-hetero) is 1. The Balaban J connectivity index is 1.82. The van der Waals surface area contributed by atoms with Crippen LogP contribution >= 0.6 is 0 Å². The molecule has 7 nitrogen and oxygen atoms in total. The van der Waals surface area contributed by atoms with Crippen molar-refractivity contribution in [3.05, 3.63) is 71.4 Å². The molecule has 172 valence electrons. The molecular formula is C26H28N2O5. The second kappa shape index (κ2) is 9.50. The first-order valence-electron chi connectivity index (χ1n) is 11.0. The molecule has 0 radical (unpaired) electrons. The topological polar surface area (TPSA) is 91.9 Å². The van der Waals surface area contributed by atoms with Gasteiger partial charge in [-0.25, -0.2) is 0 Å². The Morgan fingerprint density at radius 1 is 1.12 bits per heavy atom. The second-order valence-corrected chi connectivity index (χ2v) is 8.26. The van der Waals surface area contributed by atoms with Crippen LogP contribution in [0.5, 0.6) is 5.75 Å². The molecule has 0 spiro atoms. The lowest BCUT2D eigenvalue weighted by molar-refractivity contribution is -0.140. The van der Waals surface area contributed by atoms with Crippen molar-refractivity contribution in [2.75, 3.05) is 20.3 Å². The van der Waals surface area contributed by atoms with Crippen LogP contribution in [0.3, 0.4) is 0 Å². The largest absolute Gasteiger partial charge is 0.507 e. The van der Waals surface area contributed by atoms with Gasteiger partial charge in [0, 0.05) is 41.4 Å². The number of benzene rings is 2. The molecule has 7 heteroatoms. The molecule has 1 aliphatic heterocycles. The maximum atomic E-state index is 13.2. The number of H-pyrrole nitrogens is 1. The van der Waals surface area contributed by atoms with Gasteiger partial charge in [-0.2, -0.15) is 0 Å². The summed E-state index contributed by atoms with van der Waals surface area (Å²) >= 11 is 0. The minimum Gasteiger partial charge on any atom is -0.507 e. The minimum absolute atomic E-state index is 0.0547. The lowest BCUT2D eigenvalue weighted by atomic mass is 9.94. The number of fused-ring (bicyclic) bond motifs is 1. The standard InChI is InChI=1S/C26H28N2O5/c1-16(2)33-14-8-13-28-23(18-10-5-7-12-21(18)32-3)22(25(30)26(28)31)24(29)19-15-27-20-11-6-4-9-17(19)20/h4-7,9-12,15-16,23,27,29H,8,13-14H2,1-3H3/b24-22+. The molecule has 2 heterocycles. The molecule has 0 bridgehead atoms. The highest BCUT2D eigenvalue weighted by molar-refractivity contribution is 6.46. The van der Waals surface area contributed by atoms with Gasteiger partial charge in [-0.1, -0.05) is 36.4 Å². The Morgan fingerprint density at radius 2 is 1.85 bits per heavy atom. The third-order valence-corrected chi connectivity index (χ3v) is 5.81. The Hall–Kier alpha value is -3.58. The fraction of sp³-hybridized carbons (Fsp3) is 0.308. The van der Waals surface area contributed by atoms with Gasteiger partial charge in [-0.3, -0.25) is 9.59 Å². The summed E-state index contributed by atoms with van der Waals surface area (Å²) in [6.45, 7) is 4.66. The van der Waals surface area contributed by atoms with Crippen LogP contribution in [0.4, 0.5) is 0 Å². The summed E-state index contributed by atoms with van der Waals surface area (Å²) in [6.07, 6.45) is 2.29. The molecule has 0 saturated carbocycles. The van der Waals surface area contributed by atoms with Crippen LogP contribution < -0.4 is 4.74 Å². The molecule has 2 aromatic carbocycles. The molecule has 1 fully saturated rings. The minimum atomic E-state index is -0.770. The number of hydrogen-bond donors (Lipinski definition) is 2. The Morgan fingerprint density at radius 3 is 2.61 bits per heavy atom. The lowest BCUT2D eigenvalue weighted by Gasteiger charge is -2.26. The number of nitrogens with one attached hydrogen (secondary N) is 1. The first-order valence-corrected chi connectivity index (χ1v) is 11.0. The summed E-state index contributed by atoms with van der Waals surface area (Å²) in [7, 11) is 1.54. The third kappa shape index (κ3) is 4.24. The van der Waals surface area contributed by atoms with E-state index in [1.54, 1.807) is 19.4 Å². The van der Waals surface area contributed by atoms with Gasteiger partial charge >= 0.3 is 0 Å². The number of hydrogen-bond acceptors (Lipinski definition) is 5. The highest BCUT2D eigenvalue weighted by atomic mass is 16.5. The first kappa shape index (κ1) is 22.6. The van der Waals surface area contributed by atoms with Crippen LogP contribution in [-0.2, 0) is 14.3 Å². The van der Waals surface area contributed by atoms with Crippen molar-refractivity contribution >= 4 is 28.4 Å². The number of carbonyl (C=O) groups excluding carboxylic acids is 2. The summed E-state index contributed by atoms with van der Waals surface area (Å²) in [4.78, 5) is 30.9. The summed E-state index contributed by atoms with van der Waals surface area (Å²) in [5.74, 6) is -1.02. The van der Waals surface area contributed by atoms with Gasteiger partial charge < -0.3 is 24.5 Å². The van der Waals surface area contributed by atoms with Crippen molar-refractivity contribution in [1.29, 1.82) is 0 Å². The number of aromatic nitrogens is 1. The number of methoxy groups -OCH3 is 1. The maximum Gasteiger partial charge on any atom is 0.295 e. The van der Waals surface area contributed by atoms with Crippen molar-refractivity contribution < 1.29 is 24.2 Å². The fourth-order valence-corrected chi connectivity index (χ4v) is 4.29. The number of nitrogens with zero attached hydrogens (tertiary/aromatic N) is 1. The predicted molar refractivity (Wildman–Crippen MR) is 126 cm³/mol. The van der Waals surface area contributed by atoms with E-state index in [1.807, 2.05) is 56.3 Å². The van der Waals surface area contributed by atoms with Crippen molar-refractivity contribution in [2.45, 2.75) is 32.4 Å². The predicted octanol–water partition coefficient (Wildman–Crippen LogP) is 4.41. The van der Waals surface area contributed by atoms with Crippen LogP contribution in [-0.4, -0.2) is 53.0 Å². The molecule has 3 aromatic rings. The van der Waals surface area contributed by atoms with Crippen LogP contribution in [0.15, 0.2) is 60.3 Å². The van der Waals surface area contributed by atoms with Crippen molar-refractivity contribution in [2.24, 2.45) is 0 Å². The molecule has 1 aliphatic rings. The number of likely N-dealkylation sites (tertiary alicyclic amines) is 1. The Bertz CT molecular complexity index is 1210. The number of carbonyl (C=O) groups is 2. The van der Waals surface area contributed by atoms with Crippen molar-refractivity contribution in [3.63, 3.8) is 0 Å². The van der Waals surface area contributed by atoms with Gasteiger partial charge in [0.15, 0.2) is 0 Å². The average Bonchev–Trinajstić information content (AvgIpc) is 3.35. The van der Waals surface area contributed by atoms with Gasteiger partial charge in [-0.05, 0) is 32.4 Å². The zero-order valence-electron chi connectivity index (χ0n) is 19.0. The SMILES string of the molecule is COc1ccccc1C1/C(=C(\O)c2c[nH]c3ccccc23)C(=O)C(=O)N1CCCOC(C)C. The third-order valence-electron chi connectivity index (χ3n) is 5.81. The molecule has 1 unspecified atom stereocenters. The molecule has 4 rings (SSSR count). The smallest absolute Gasteiger partial charge is 0.295 e. The van der Waals surface area contributed by atoms with E-state index in [1.165, 1.54) is 4.90 Å². The summed E-state index contributed by atoms with van der Waals surface area (Å²) in [5, 5.41) is 12.1. The molecule has 33 heavy (non-hydrogen) atoms. The van der Waals surface area contributed by atoms with E-state index in [2.05, 4.69) is 4.98 Å². The molecule has 0 aliphatic carbocycles. The number of aliphatic hydroxyl groups is 1. The van der Waals surface area contributed by atoms with Gasteiger partial charge in [0.05, 0.1) is 24.8 Å². The number of amides is 1. The number of ketones is 1. The van der Waals surface area contributed by atoms with E-state index < -0.39 is 17.7 Å². The molecule has 1 aromatic heterocycles. The van der Waals surface area contributed by atoms with Crippen LogP contribution in [0.2, 0.25) is 0 Å². The van der Waals surface area contributed by atoms with E-state index in [9.17, 15) is 14.7 Å². The molecule has 1 saturated heterocycles. The van der Waals surface area contributed by atoms with E-state index in [4.69, 9.17) is 9.47 Å². The zero-order valence-corrected chi connectivity index (χ0v) is 19.0. The summed E-state index contributed by atoms with van der Waals surface area (Å²) in [5.41, 5.74) is 2.00. The molecule has 1 amide bonds. The first-order chi connectivity index (χ1) is 15.9. The van der Waals surface area contributed by atoms with E-state index in [-0.39, 0.29) is 17.4 Å². The van der Waals surface area contributed by atoms with Crippen molar-refractivity contribution in [3.8, 4) is 5.75 Å². The van der Waals surface area contributed by atoms with Crippen LogP contribution in [0.1, 0.15) is 37.4 Å². The normalized spacial score (nSPS) is 17.9. The Kier molecular flexibility index (Phi) is 6.51. The lowest BCUT2D eigenvalue weighted by Crippen LogP contribution is -2.31. The number of aromatic amines is 1. The van der Waals surface area contributed by atoms with Crippen molar-refractivity contribution in [1.82, 2.24) is 9.88 Å². The average molecular weight is 449 g/mol. The quantitative estimate of drug-likeness (QED) is 0.230. The maximum absolute atomic E-state index is 13.2. The Labute approximate surface area is 192 Å². The van der Waals surface area contributed by atoms with Gasteiger partial charge in [-0.15, -0.1) is 0 Å². The van der Waals surface area contributed by atoms with Gasteiger partial charge in [0.1, 0.15) is 11.5 Å². The van der Waals surface area contributed by atoms with Gasteiger partial charge in [0.2, 0.25) is 0 Å². The molecule has 1 atom stereocenters. The number of aliphatic hydroxyl groups excluding tert-OH is 1. The highest BCUT2D eigenvalue weighted by Crippen LogP contribution is 2.43. The molecular weight excluding hydrogens is 420 g/mol. The number of rotatable bonds is 8. The van der Waals surface area contributed by atoms with Crippen LogP contribution in [0.25, 0.3) is 16.7 Å². The molecule has 2 N–H and O–H groups in total. The van der Waals surface area contributed by atoms with E-state index in [0.717, 1.165) is 10.9 Å². The summed E-state index contributed by atoms with van der Waals surface area (Å²) < 4.78 is 11.2. The van der Waals surface area contributed by atoms with Gasteiger partial charge in [0.25, 0.3) is 11.7 Å². The number of para-hydroxylation sites is 2. The highest BCUT2D eigenvalue weighted by Gasteiger charge is 2.47. The fourth-order valence-electron chi connectivity index (χ4n) is 4.29. The second-order valence-electron chi connectivity index (χ2n) is 8.26. The summed E-state index contributed by atoms with van der Waals surface area (Å²) in [6, 6.07) is 14.0. The van der Waals surface area contributed by atoms with E-state index in [0.29, 0.717) is 36.4 Å². The van der Waals surface area contributed by atoms with Crippen LogP contribution in [0, 0.1) is 0 Å². The zero-order chi connectivity index (χ0) is 23.5.